The molecule has 1 amide bonds. The molecule has 0 saturated heterocycles. The number of rotatable bonds is 14. The summed E-state index contributed by atoms with van der Waals surface area (Å²) in [6.45, 7) is 2.89. The zero-order chi connectivity index (χ0) is 26.5. The number of likely N-dealkylation sites (N-methyl/N-ethyl adjacent to an activating group) is 1. The van der Waals surface area contributed by atoms with E-state index in [4.69, 9.17) is 5.26 Å². The van der Waals surface area contributed by atoms with Crippen LogP contribution in [0.4, 0.5) is 11.5 Å². The number of hydrogen-bond acceptors (Lipinski definition) is 7. The molecule has 2 unspecified atom stereocenters. The third-order valence-corrected chi connectivity index (χ3v) is 6.28. The van der Waals surface area contributed by atoms with E-state index in [1.54, 1.807) is 12.3 Å². The number of anilines is 2. The summed E-state index contributed by atoms with van der Waals surface area (Å²) in [5, 5.41) is 15.4. The van der Waals surface area contributed by atoms with Gasteiger partial charge in [-0.1, -0.05) is 36.4 Å². The molecule has 0 fully saturated rings. The van der Waals surface area contributed by atoms with Gasteiger partial charge in [-0.25, -0.2) is 4.98 Å². The number of carbonyl (C=O) groups excluding carboxylic acids is 2. The predicted molar refractivity (Wildman–Crippen MR) is 147 cm³/mol. The smallest absolute Gasteiger partial charge is 0.243 e. The van der Waals surface area contributed by atoms with Crippen LogP contribution in [0.15, 0.2) is 66.9 Å². The average Bonchev–Trinajstić information content (AvgIpc) is 2.92. The van der Waals surface area contributed by atoms with Gasteiger partial charge in [0.2, 0.25) is 5.91 Å². The number of benzene rings is 1. The van der Waals surface area contributed by atoms with Gasteiger partial charge in [0, 0.05) is 32.0 Å². The minimum absolute atomic E-state index is 0.0371. The molecule has 1 aromatic carbocycles. The van der Waals surface area contributed by atoms with Gasteiger partial charge in [-0.3, -0.25) is 4.79 Å². The molecule has 2 aromatic rings. The van der Waals surface area contributed by atoms with Crippen LogP contribution in [-0.4, -0.2) is 68.4 Å². The molecule has 2 atom stereocenters. The highest BCUT2D eigenvalue weighted by Gasteiger charge is 2.26. The van der Waals surface area contributed by atoms with Crippen LogP contribution in [0.2, 0.25) is 0 Å². The molecule has 0 saturated carbocycles. The van der Waals surface area contributed by atoms with Crippen LogP contribution >= 0.6 is 0 Å². The summed E-state index contributed by atoms with van der Waals surface area (Å²) in [6.07, 6.45) is 12.8. The molecule has 37 heavy (non-hydrogen) atoms. The van der Waals surface area contributed by atoms with Crippen molar-refractivity contribution in [3.05, 3.63) is 78.0 Å². The largest absolute Gasteiger partial charge is 0.369 e. The lowest BCUT2D eigenvalue weighted by Crippen LogP contribution is -2.46. The van der Waals surface area contributed by atoms with Crippen LogP contribution in [0.5, 0.6) is 0 Å². The fraction of sp³-hybridized carbons (Fsp3) is 0.379. The molecular weight excluding hydrogens is 464 g/mol. The van der Waals surface area contributed by atoms with E-state index in [9.17, 15) is 9.59 Å². The van der Waals surface area contributed by atoms with Crippen molar-refractivity contribution in [3.8, 4) is 6.07 Å². The molecule has 8 nitrogen and oxygen atoms in total. The standard InChI is InChI=1S/C29H36N6O2/c1-34(2)18-19-35(17-6-20-36)26-13-14-27(32-22-26)33-29(37)28(25-7-4-3-5-8-25)31-16-15-23-9-11-24(21-30)12-10-23/h3-5,7,9-14,20,22,25,28,31H,6,8,15-19H2,1-2H3,(H,32,33,37). The van der Waals surface area contributed by atoms with Gasteiger partial charge in [0.05, 0.1) is 29.6 Å². The van der Waals surface area contributed by atoms with Crippen molar-refractivity contribution in [2.24, 2.45) is 5.92 Å². The molecule has 194 valence electrons. The Morgan fingerprint density at radius 2 is 1.97 bits per heavy atom. The molecule has 3 rings (SSSR count). The Bertz CT molecular complexity index is 1100. The molecule has 1 aliphatic carbocycles. The maximum Gasteiger partial charge on any atom is 0.243 e. The molecule has 1 heterocycles. The van der Waals surface area contributed by atoms with Crippen molar-refractivity contribution in [2.75, 3.05) is 50.5 Å². The Hall–Kier alpha value is -3.80. The molecule has 0 radical (unpaired) electrons. The van der Waals surface area contributed by atoms with Crippen LogP contribution in [0, 0.1) is 17.2 Å². The van der Waals surface area contributed by atoms with E-state index in [1.165, 1.54) is 0 Å². The van der Waals surface area contributed by atoms with Crippen molar-refractivity contribution < 1.29 is 9.59 Å². The van der Waals surface area contributed by atoms with Gasteiger partial charge in [0.25, 0.3) is 0 Å². The van der Waals surface area contributed by atoms with E-state index in [0.717, 1.165) is 43.5 Å². The van der Waals surface area contributed by atoms with Gasteiger partial charge in [-0.2, -0.15) is 5.26 Å². The summed E-state index contributed by atoms with van der Waals surface area (Å²) < 4.78 is 0. The highest BCUT2D eigenvalue weighted by Crippen LogP contribution is 2.19. The Morgan fingerprint density at radius 3 is 2.59 bits per heavy atom. The summed E-state index contributed by atoms with van der Waals surface area (Å²) >= 11 is 0. The second kappa shape index (κ2) is 14.7. The highest BCUT2D eigenvalue weighted by atomic mass is 16.2. The van der Waals surface area contributed by atoms with Crippen molar-refractivity contribution in [1.29, 1.82) is 5.26 Å². The number of nitrogens with one attached hydrogen (secondary N) is 2. The topological polar surface area (TPSA) is 101 Å². The summed E-state index contributed by atoms with van der Waals surface area (Å²) in [4.78, 5) is 32.9. The van der Waals surface area contributed by atoms with Gasteiger partial charge >= 0.3 is 0 Å². The van der Waals surface area contributed by atoms with Gasteiger partial charge in [-0.15, -0.1) is 0 Å². The lowest BCUT2D eigenvalue weighted by atomic mass is 9.91. The summed E-state index contributed by atoms with van der Waals surface area (Å²) in [6, 6.07) is 13.0. The first-order valence-corrected chi connectivity index (χ1v) is 12.7. The monoisotopic (exact) mass is 500 g/mol. The van der Waals surface area contributed by atoms with Gasteiger partial charge in [0.15, 0.2) is 0 Å². The Kier molecular flexibility index (Phi) is 11.0. The van der Waals surface area contributed by atoms with Crippen molar-refractivity contribution in [3.63, 3.8) is 0 Å². The molecule has 0 spiro atoms. The van der Waals surface area contributed by atoms with E-state index >= 15 is 0 Å². The number of amides is 1. The van der Waals surface area contributed by atoms with E-state index in [-0.39, 0.29) is 11.8 Å². The number of nitriles is 1. The van der Waals surface area contributed by atoms with Crippen LogP contribution < -0.4 is 15.5 Å². The van der Waals surface area contributed by atoms with Crippen molar-refractivity contribution in [2.45, 2.75) is 25.3 Å². The summed E-state index contributed by atoms with van der Waals surface area (Å²) in [5.41, 5.74) is 2.66. The SMILES string of the molecule is CN(C)CCN(CCC=O)c1ccc(NC(=O)C(NCCc2ccc(C#N)cc2)C2C=CC=CC2)nc1. The van der Waals surface area contributed by atoms with Gasteiger partial charge in [0.1, 0.15) is 12.1 Å². The normalized spacial score (nSPS) is 15.2. The highest BCUT2D eigenvalue weighted by molar-refractivity contribution is 5.94. The minimum atomic E-state index is -0.412. The van der Waals surface area contributed by atoms with Crippen molar-refractivity contribution in [1.82, 2.24) is 15.2 Å². The van der Waals surface area contributed by atoms with Crippen LogP contribution in [-0.2, 0) is 16.0 Å². The van der Waals surface area contributed by atoms with E-state index < -0.39 is 6.04 Å². The quantitative estimate of drug-likeness (QED) is 0.384. The van der Waals surface area contributed by atoms with Gasteiger partial charge in [-0.05, 0) is 63.3 Å². The second-order valence-electron chi connectivity index (χ2n) is 9.34. The Labute approximate surface area is 219 Å². The fourth-order valence-corrected chi connectivity index (χ4v) is 4.15. The number of aromatic nitrogens is 1. The van der Waals surface area contributed by atoms with Crippen LogP contribution in [0.1, 0.15) is 24.0 Å². The fourth-order valence-electron chi connectivity index (χ4n) is 4.15. The lowest BCUT2D eigenvalue weighted by molar-refractivity contribution is -0.119. The molecule has 0 bridgehead atoms. The van der Waals surface area contributed by atoms with Crippen molar-refractivity contribution >= 4 is 23.7 Å². The van der Waals surface area contributed by atoms with E-state index in [2.05, 4.69) is 43.6 Å². The molecule has 1 aliphatic rings. The maximum atomic E-state index is 13.3. The number of allylic oxidation sites excluding steroid dienone is 3. The number of nitrogens with zero attached hydrogens (tertiary/aromatic N) is 4. The minimum Gasteiger partial charge on any atom is -0.369 e. The molecule has 0 aliphatic heterocycles. The van der Waals surface area contributed by atoms with Crippen LogP contribution in [0.3, 0.4) is 0 Å². The second-order valence-corrected chi connectivity index (χ2v) is 9.34. The Balaban J connectivity index is 1.63. The van der Waals surface area contributed by atoms with Gasteiger partial charge < -0.3 is 25.2 Å². The molecular formula is C29H36N6O2. The van der Waals surface area contributed by atoms with E-state index in [1.807, 2.05) is 56.6 Å². The third kappa shape index (κ3) is 8.98. The first kappa shape index (κ1) is 27.8. The number of aldehydes is 1. The lowest BCUT2D eigenvalue weighted by Gasteiger charge is -2.26. The summed E-state index contributed by atoms with van der Waals surface area (Å²) in [7, 11) is 4.03. The van der Waals surface area contributed by atoms with E-state index in [0.29, 0.717) is 30.9 Å². The molecule has 1 aromatic heterocycles. The number of carbonyl (C=O) groups is 2. The average molecular weight is 501 g/mol. The number of pyridine rings is 1. The molecule has 8 heteroatoms. The van der Waals surface area contributed by atoms with Crippen LogP contribution in [0.25, 0.3) is 0 Å². The zero-order valence-corrected chi connectivity index (χ0v) is 21.6. The maximum absolute atomic E-state index is 13.3. The summed E-state index contributed by atoms with van der Waals surface area (Å²) in [5.74, 6) is 0.400. The first-order chi connectivity index (χ1) is 18.0. The number of hydrogen-bond donors (Lipinski definition) is 2. The molecule has 2 N–H and O–H groups in total. The Morgan fingerprint density at radius 1 is 1.16 bits per heavy atom. The first-order valence-electron chi connectivity index (χ1n) is 12.7. The predicted octanol–water partition coefficient (Wildman–Crippen LogP) is 3.18. The third-order valence-electron chi connectivity index (χ3n) is 6.28. The zero-order valence-electron chi connectivity index (χ0n) is 21.6.